The first kappa shape index (κ1) is 24.1. The molecule has 0 bridgehead atoms. The van der Waals surface area contributed by atoms with Crippen molar-refractivity contribution < 1.29 is 19.1 Å². The van der Waals surface area contributed by atoms with Gasteiger partial charge in [-0.25, -0.2) is 0 Å². The minimum Gasteiger partial charge on any atom is -0.466 e. The van der Waals surface area contributed by atoms with E-state index < -0.39 is 5.56 Å². The molecule has 0 atom stereocenters. The fourth-order valence-corrected chi connectivity index (χ4v) is 3.86. The monoisotopic (exact) mass is 430 g/mol. The fourth-order valence-electron chi connectivity index (χ4n) is 3.86. The number of esters is 1. The summed E-state index contributed by atoms with van der Waals surface area (Å²) >= 11 is 0. The number of piperidine rings is 1. The highest BCUT2D eigenvalue weighted by Gasteiger charge is 2.29. The summed E-state index contributed by atoms with van der Waals surface area (Å²) in [5.41, 5.74) is 1.62. The molecule has 168 valence electrons. The lowest BCUT2D eigenvalue weighted by Gasteiger charge is -2.32. The Kier molecular flexibility index (Phi) is 8.37. The number of likely N-dealkylation sites (N-methyl/N-ethyl adjacent to an activating group) is 1. The molecule has 1 aromatic rings. The fraction of sp³-hybridized carbons (Fsp3) is 0.591. The van der Waals surface area contributed by atoms with Crippen molar-refractivity contribution in [2.75, 3.05) is 33.3 Å². The van der Waals surface area contributed by atoms with Gasteiger partial charge in [-0.3, -0.25) is 19.2 Å². The molecule has 1 aliphatic heterocycles. The van der Waals surface area contributed by atoms with E-state index in [0.29, 0.717) is 50.2 Å². The third kappa shape index (κ3) is 5.94. The van der Waals surface area contributed by atoms with Crippen LogP contribution in [-0.4, -0.2) is 65.9 Å². The average molecular weight is 431 g/mol. The molecular formula is C22H30N4O5. The Hall–Kier alpha value is -3.15. The maximum absolute atomic E-state index is 12.6. The van der Waals surface area contributed by atoms with Crippen molar-refractivity contribution >= 4 is 17.8 Å². The molecule has 9 heteroatoms. The first-order valence-corrected chi connectivity index (χ1v) is 10.5. The van der Waals surface area contributed by atoms with Gasteiger partial charge < -0.3 is 19.5 Å². The first-order valence-electron chi connectivity index (χ1n) is 10.5. The molecule has 1 N–H and O–H groups in total. The van der Waals surface area contributed by atoms with Crippen LogP contribution in [0, 0.1) is 31.1 Å². The van der Waals surface area contributed by atoms with Crippen LogP contribution in [0.3, 0.4) is 0 Å². The van der Waals surface area contributed by atoms with E-state index in [1.807, 2.05) is 6.07 Å². The quantitative estimate of drug-likeness (QED) is 0.645. The summed E-state index contributed by atoms with van der Waals surface area (Å²) in [6.45, 7) is 6.47. The van der Waals surface area contributed by atoms with Crippen molar-refractivity contribution in [3.05, 3.63) is 32.7 Å². The molecule has 0 spiro atoms. The average Bonchev–Trinajstić information content (AvgIpc) is 2.73. The van der Waals surface area contributed by atoms with Crippen LogP contribution >= 0.6 is 0 Å². The van der Waals surface area contributed by atoms with Crippen LogP contribution in [0.4, 0.5) is 0 Å². The summed E-state index contributed by atoms with van der Waals surface area (Å²) in [5.74, 6) is -0.737. The number of rotatable bonds is 7. The lowest BCUT2D eigenvalue weighted by atomic mass is 9.97. The number of hydrogen-bond acceptors (Lipinski definition) is 6. The molecule has 0 aromatic carbocycles. The number of carbonyl (C=O) groups is 3. The molecule has 0 unspecified atom stereocenters. The second-order valence-corrected chi connectivity index (χ2v) is 7.83. The predicted molar refractivity (Wildman–Crippen MR) is 113 cm³/mol. The minimum absolute atomic E-state index is 0.0318. The van der Waals surface area contributed by atoms with Crippen molar-refractivity contribution in [1.82, 2.24) is 14.8 Å². The number of likely N-dealkylation sites (tertiary alicyclic amines) is 1. The van der Waals surface area contributed by atoms with Gasteiger partial charge in [0, 0.05) is 32.3 Å². The number of carbonyl (C=O) groups excluding carboxylic acids is 3. The van der Waals surface area contributed by atoms with E-state index >= 15 is 0 Å². The molecule has 1 aromatic heterocycles. The molecule has 2 rings (SSSR count). The summed E-state index contributed by atoms with van der Waals surface area (Å²) in [5, 5.41) is 9.16. The zero-order valence-electron chi connectivity index (χ0n) is 18.6. The first-order chi connectivity index (χ1) is 14.7. The largest absolute Gasteiger partial charge is 0.466 e. The summed E-state index contributed by atoms with van der Waals surface area (Å²) in [6.07, 6.45) is 1.65. The highest BCUT2D eigenvalue weighted by molar-refractivity contribution is 5.85. The number of nitrogens with zero attached hydrogens (tertiary/aromatic N) is 3. The zero-order valence-corrected chi connectivity index (χ0v) is 18.6. The van der Waals surface area contributed by atoms with Gasteiger partial charge in [0.2, 0.25) is 11.8 Å². The molecule has 0 aliphatic carbocycles. The third-order valence-corrected chi connectivity index (χ3v) is 5.77. The summed E-state index contributed by atoms with van der Waals surface area (Å²) < 4.78 is 5.04. The van der Waals surface area contributed by atoms with E-state index in [0.717, 1.165) is 5.56 Å². The molecule has 2 amide bonds. The van der Waals surface area contributed by atoms with Crippen LogP contribution in [0.25, 0.3) is 0 Å². The second-order valence-electron chi connectivity index (χ2n) is 7.83. The van der Waals surface area contributed by atoms with E-state index in [-0.39, 0.29) is 42.2 Å². The highest BCUT2D eigenvalue weighted by atomic mass is 16.5. The van der Waals surface area contributed by atoms with E-state index in [1.54, 1.807) is 32.7 Å². The summed E-state index contributed by atoms with van der Waals surface area (Å²) in [6, 6.07) is 1.90. The van der Waals surface area contributed by atoms with Crippen molar-refractivity contribution in [2.45, 2.75) is 46.5 Å². The Bertz CT molecular complexity index is 938. The standard InChI is InChI=1S/C22H30N4O5/c1-5-31-22(30)16-8-10-26(11-9-16)20(28)13-25(4)19(27)7-6-17-14(2)18(12-23)21(29)24-15(17)3/h16H,5-11,13H2,1-4H3,(H,24,29). The number of aromatic nitrogens is 1. The maximum Gasteiger partial charge on any atom is 0.309 e. The van der Waals surface area contributed by atoms with Crippen LogP contribution in [0.1, 0.15) is 48.6 Å². The van der Waals surface area contributed by atoms with E-state index in [2.05, 4.69) is 4.98 Å². The van der Waals surface area contributed by atoms with Gasteiger partial charge in [0.1, 0.15) is 11.6 Å². The number of H-pyrrole nitrogens is 1. The Labute approximate surface area is 182 Å². The number of aryl methyl sites for hydroxylation is 1. The number of ether oxygens (including phenoxy) is 1. The Morgan fingerprint density at radius 2 is 1.90 bits per heavy atom. The van der Waals surface area contributed by atoms with Gasteiger partial charge in [-0.15, -0.1) is 0 Å². The molecular weight excluding hydrogens is 400 g/mol. The number of pyridine rings is 1. The van der Waals surface area contributed by atoms with Gasteiger partial charge in [-0.2, -0.15) is 5.26 Å². The zero-order chi connectivity index (χ0) is 23.1. The minimum atomic E-state index is -0.429. The third-order valence-electron chi connectivity index (χ3n) is 5.77. The van der Waals surface area contributed by atoms with Crippen molar-refractivity contribution in [3.8, 4) is 6.07 Å². The molecule has 1 aliphatic rings. The smallest absolute Gasteiger partial charge is 0.309 e. The van der Waals surface area contributed by atoms with E-state index in [9.17, 15) is 19.2 Å². The van der Waals surface area contributed by atoms with Crippen molar-refractivity contribution in [1.29, 1.82) is 5.26 Å². The normalized spacial score (nSPS) is 14.1. The Balaban J connectivity index is 1.88. The van der Waals surface area contributed by atoms with Crippen LogP contribution in [0.5, 0.6) is 0 Å². The summed E-state index contributed by atoms with van der Waals surface area (Å²) in [7, 11) is 1.58. The Morgan fingerprint density at radius 1 is 1.26 bits per heavy atom. The number of nitriles is 1. The topological polar surface area (TPSA) is 124 Å². The summed E-state index contributed by atoms with van der Waals surface area (Å²) in [4.78, 5) is 54.5. The van der Waals surface area contributed by atoms with Gasteiger partial charge in [0.15, 0.2) is 0 Å². The van der Waals surface area contributed by atoms with Gasteiger partial charge in [-0.1, -0.05) is 0 Å². The predicted octanol–water partition coefficient (Wildman–Crippen LogP) is 1.06. The van der Waals surface area contributed by atoms with Crippen LogP contribution in [-0.2, 0) is 25.5 Å². The molecule has 1 saturated heterocycles. The van der Waals surface area contributed by atoms with Gasteiger partial charge in [0.25, 0.3) is 5.56 Å². The molecule has 2 heterocycles. The second kappa shape index (κ2) is 10.8. The highest BCUT2D eigenvalue weighted by Crippen LogP contribution is 2.19. The molecule has 1 fully saturated rings. The van der Waals surface area contributed by atoms with Gasteiger partial charge in [0.05, 0.1) is 19.1 Å². The maximum atomic E-state index is 12.6. The van der Waals surface area contributed by atoms with Crippen LogP contribution in [0.15, 0.2) is 4.79 Å². The van der Waals surface area contributed by atoms with Crippen molar-refractivity contribution in [2.24, 2.45) is 5.92 Å². The van der Waals surface area contributed by atoms with Gasteiger partial charge in [-0.05, 0) is 51.2 Å². The van der Waals surface area contributed by atoms with Crippen LogP contribution in [0.2, 0.25) is 0 Å². The van der Waals surface area contributed by atoms with E-state index in [4.69, 9.17) is 10.00 Å². The number of hydrogen-bond donors (Lipinski definition) is 1. The lowest BCUT2D eigenvalue weighted by Crippen LogP contribution is -2.45. The van der Waals surface area contributed by atoms with Crippen molar-refractivity contribution in [3.63, 3.8) is 0 Å². The molecule has 0 radical (unpaired) electrons. The molecule has 31 heavy (non-hydrogen) atoms. The Morgan fingerprint density at radius 3 is 2.48 bits per heavy atom. The lowest BCUT2D eigenvalue weighted by molar-refractivity contribution is -0.151. The van der Waals surface area contributed by atoms with Gasteiger partial charge >= 0.3 is 5.97 Å². The number of nitrogens with one attached hydrogen (secondary N) is 1. The molecule has 0 saturated carbocycles. The SMILES string of the molecule is CCOC(=O)C1CCN(C(=O)CN(C)C(=O)CCc2c(C)[nH]c(=O)c(C#N)c2C)CC1. The number of amides is 2. The number of aromatic amines is 1. The van der Waals surface area contributed by atoms with Crippen LogP contribution < -0.4 is 5.56 Å². The molecule has 9 nitrogen and oxygen atoms in total. The van der Waals surface area contributed by atoms with E-state index in [1.165, 1.54) is 4.90 Å².